The average molecular weight is 345 g/mol. The van der Waals surface area contributed by atoms with Crippen molar-refractivity contribution >= 4 is 17.6 Å². The Morgan fingerprint density at radius 2 is 2.04 bits per heavy atom. The number of urea groups is 1. The van der Waals surface area contributed by atoms with Gasteiger partial charge in [-0.2, -0.15) is 5.10 Å². The zero-order valence-electron chi connectivity index (χ0n) is 14.1. The van der Waals surface area contributed by atoms with Gasteiger partial charge in [0, 0.05) is 44.5 Å². The van der Waals surface area contributed by atoms with E-state index in [1.54, 1.807) is 25.1 Å². The van der Waals surface area contributed by atoms with Crippen LogP contribution < -0.4 is 5.32 Å². The standard InChI is InChI=1S/C17H20FN5O2/c1-22(2)16(24)15-9-14(20-21-15)11-7-8-23(10-11)17(25)19-13-5-3-12(18)4-6-13/h3-6,9,11H,7-8,10H2,1-2H3,(H,19,25)(H,20,21)/t11-/m0/s1. The largest absolute Gasteiger partial charge is 0.343 e. The second-order valence-corrected chi connectivity index (χ2v) is 6.28. The summed E-state index contributed by atoms with van der Waals surface area (Å²) in [6.07, 6.45) is 0.786. The molecule has 3 rings (SSSR count). The maximum atomic E-state index is 12.9. The number of nitrogens with one attached hydrogen (secondary N) is 2. The second-order valence-electron chi connectivity index (χ2n) is 6.28. The summed E-state index contributed by atoms with van der Waals surface area (Å²) in [5.41, 5.74) is 1.77. The molecule has 3 amide bonds. The number of likely N-dealkylation sites (tertiary alicyclic amines) is 1. The fourth-order valence-corrected chi connectivity index (χ4v) is 2.82. The number of hydrogen-bond acceptors (Lipinski definition) is 3. The molecule has 8 heteroatoms. The normalized spacial score (nSPS) is 16.8. The van der Waals surface area contributed by atoms with Crippen LogP contribution in [0.5, 0.6) is 0 Å². The summed E-state index contributed by atoms with van der Waals surface area (Å²) in [4.78, 5) is 27.4. The average Bonchev–Trinajstić information content (AvgIpc) is 3.25. The Labute approximate surface area is 144 Å². The molecule has 1 aromatic carbocycles. The lowest BCUT2D eigenvalue weighted by Crippen LogP contribution is -2.32. The van der Waals surface area contributed by atoms with Crippen LogP contribution in [0.1, 0.15) is 28.5 Å². The van der Waals surface area contributed by atoms with E-state index in [1.165, 1.54) is 29.2 Å². The number of H-pyrrole nitrogens is 1. The highest BCUT2D eigenvalue weighted by Gasteiger charge is 2.29. The van der Waals surface area contributed by atoms with E-state index in [4.69, 9.17) is 0 Å². The van der Waals surface area contributed by atoms with Crippen molar-refractivity contribution in [3.05, 3.63) is 47.5 Å². The summed E-state index contributed by atoms with van der Waals surface area (Å²) in [5, 5.41) is 9.71. The smallest absolute Gasteiger partial charge is 0.321 e. The van der Waals surface area contributed by atoms with Gasteiger partial charge in [0.05, 0.1) is 0 Å². The molecule has 0 saturated carbocycles. The number of nitrogens with zero attached hydrogens (tertiary/aromatic N) is 3. The molecule has 1 aliphatic rings. The molecule has 1 saturated heterocycles. The lowest BCUT2D eigenvalue weighted by Gasteiger charge is -2.17. The number of aromatic nitrogens is 2. The van der Waals surface area contributed by atoms with Crippen LogP contribution in [0.25, 0.3) is 0 Å². The number of aromatic amines is 1. The Kier molecular flexibility index (Phi) is 4.69. The Hall–Kier alpha value is -2.90. The molecular weight excluding hydrogens is 325 g/mol. The fourth-order valence-electron chi connectivity index (χ4n) is 2.82. The minimum atomic E-state index is -0.346. The number of hydrogen-bond donors (Lipinski definition) is 2. The number of rotatable bonds is 3. The van der Waals surface area contributed by atoms with Crippen LogP contribution in [0, 0.1) is 5.82 Å². The Morgan fingerprint density at radius 3 is 2.72 bits per heavy atom. The van der Waals surface area contributed by atoms with Crippen molar-refractivity contribution in [2.24, 2.45) is 0 Å². The van der Waals surface area contributed by atoms with Crippen molar-refractivity contribution in [1.29, 1.82) is 0 Å². The van der Waals surface area contributed by atoms with E-state index in [-0.39, 0.29) is 23.7 Å². The van der Waals surface area contributed by atoms with Gasteiger partial charge in [0.25, 0.3) is 5.91 Å². The van der Waals surface area contributed by atoms with Gasteiger partial charge in [0.1, 0.15) is 11.5 Å². The van der Waals surface area contributed by atoms with Gasteiger partial charge < -0.3 is 15.1 Å². The van der Waals surface area contributed by atoms with Crippen LogP contribution in [-0.2, 0) is 0 Å². The molecular formula is C17H20FN5O2. The number of halogens is 1. The number of amides is 3. The van der Waals surface area contributed by atoms with Gasteiger partial charge in [0.2, 0.25) is 0 Å². The first-order chi connectivity index (χ1) is 11.9. The lowest BCUT2D eigenvalue weighted by molar-refractivity contribution is 0.0822. The van der Waals surface area contributed by atoms with Crippen LogP contribution in [0.2, 0.25) is 0 Å². The number of benzene rings is 1. The Balaban J connectivity index is 1.60. The zero-order chi connectivity index (χ0) is 18.0. The van der Waals surface area contributed by atoms with Crippen molar-refractivity contribution in [1.82, 2.24) is 20.0 Å². The molecule has 0 radical (unpaired) electrons. The number of carbonyl (C=O) groups is 2. The predicted molar refractivity (Wildman–Crippen MR) is 91.0 cm³/mol. The highest BCUT2D eigenvalue weighted by Crippen LogP contribution is 2.27. The van der Waals surface area contributed by atoms with Gasteiger partial charge in [0.15, 0.2) is 0 Å². The summed E-state index contributed by atoms with van der Waals surface area (Å²) < 4.78 is 12.9. The third-order valence-corrected chi connectivity index (χ3v) is 4.23. The van der Waals surface area contributed by atoms with Crippen LogP contribution in [-0.4, -0.2) is 59.1 Å². The van der Waals surface area contributed by atoms with E-state index in [2.05, 4.69) is 15.5 Å². The molecule has 0 unspecified atom stereocenters. The highest BCUT2D eigenvalue weighted by molar-refractivity contribution is 5.92. The van der Waals surface area contributed by atoms with Gasteiger partial charge >= 0.3 is 6.03 Å². The molecule has 0 bridgehead atoms. The van der Waals surface area contributed by atoms with Gasteiger partial charge in [-0.05, 0) is 36.8 Å². The Morgan fingerprint density at radius 1 is 1.32 bits per heavy atom. The van der Waals surface area contributed by atoms with Crippen LogP contribution in [0.4, 0.5) is 14.9 Å². The van der Waals surface area contributed by atoms with Crippen molar-refractivity contribution in [3.8, 4) is 0 Å². The fraction of sp³-hybridized carbons (Fsp3) is 0.353. The molecule has 1 fully saturated rings. The zero-order valence-corrected chi connectivity index (χ0v) is 14.1. The summed E-state index contributed by atoms with van der Waals surface area (Å²) in [7, 11) is 3.35. The third-order valence-electron chi connectivity index (χ3n) is 4.23. The summed E-state index contributed by atoms with van der Waals surface area (Å²) in [6, 6.07) is 7.17. The summed E-state index contributed by atoms with van der Waals surface area (Å²) >= 11 is 0. The van der Waals surface area contributed by atoms with Crippen molar-refractivity contribution in [3.63, 3.8) is 0 Å². The van der Waals surface area contributed by atoms with Crippen molar-refractivity contribution in [2.45, 2.75) is 12.3 Å². The van der Waals surface area contributed by atoms with Gasteiger partial charge in [-0.25, -0.2) is 9.18 Å². The van der Waals surface area contributed by atoms with E-state index in [0.29, 0.717) is 24.5 Å². The topological polar surface area (TPSA) is 81.3 Å². The molecule has 1 aliphatic heterocycles. The summed E-state index contributed by atoms with van der Waals surface area (Å²) in [5.74, 6) is -0.400. The minimum absolute atomic E-state index is 0.107. The van der Waals surface area contributed by atoms with E-state index in [0.717, 1.165) is 12.1 Å². The van der Waals surface area contributed by atoms with Crippen LogP contribution in [0.15, 0.2) is 30.3 Å². The Bertz CT molecular complexity index is 772. The molecule has 1 atom stereocenters. The van der Waals surface area contributed by atoms with Gasteiger partial charge in [-0.3, -0.25) is 9.89 Å². The van der Waals surface area contributed by atoms with Crippen LogP contribution >= 0.6 is 0 Å². The third kappa shape index (κ3) is 3.78. The molecule has 2 aromatic rings. The van der Waals surface area contributed by atoms with E-state index < -0.39 is 0 Å². The number of anilines is 1. The highest BCUT2D eigenvalue weighted by atomic mass is 19.1. The minimum Gasteiger partial charge on any atom is -0.343 e. The SMILES string of the molecule is CN(C)C(=O)c1cc([C@H]2CCN(C(=O)Nc3ccc(F)cc3)C2)[nH]n1. The predicted octanol–water partition coefficient (Wildman–Crippen LogP) is 2.27. The molecule has 25 heavy (non-hydrogen) atoms. The van der Waals surface area contributed by atoms with Crippen molar-refractivity contribution in [2.75, 3.05) is 32.5 Å². The maximum Gasteiger partial charge on any atom is 0.321 e. The number of carbonyl (C=O) groups excluding carboxylic acids is 2. The first-order valence-electron chi connectivity index (χ1n) is 8.02. The van der Waals surface area contributed by atoms with E-state index in [1.807, 2.05) is 0 Å². The lowest BCUT2D eigenvalue weighted by atomic mass is 10.1. The molecule has 0 aliphatic carbocycles. The molecule has 2 N–H and O–H groups in total. The van der Waals surface area contributed by atoms with Gasteiger partial charge in [-0.1, -0.05) is 0 Å². The molecule has 132 valence electrons. The first kappa shape index (κ1) is 16.9. The van der Waals surface area contributed by atoms with Crippen molar-refractivity contribution < 1.29 is 14.0 Å². The van der Waals surface area contributed by atoms with Gasteiger partial charge in [-0.15, -0.1) is 0 Å². The summed E-state index contributed by atoms with van der Waals surface area (Å²) in [6.45, 7) is 1.14. The second kappa shape index (κ2) is 6.92. The molecule has 2 heterocycles. The molecule has 7 nitrogen and oxygen atoms in total. The molecule has 0 spiro atoms. The van der Waals surface area contributed by atoms with E-state index in [9.17, 15) is 14.0 Å². The monoisotopic (exact) mass is 345 g/mol. The first-order valence-corrected chi connectivity index (χ1v) is 8.02. The molecule has 1 aromatic heterocycles. The van der Waals surface area contributed by atoms with Crippen LogP contribution in [0.3, 0.4) is 0 Å². The quantitative estimate of drug-likeness (QED) is 0.895. The van der Waals surface area contributed by atoms with E-state index >= 15 is 0 Å². The maximum absolute atomic E-state index is 12.9.